The van der Waals surface area contributed by atoms with Crippen LogP contribution in [-0.4, -0.2) is 67.7 Å². The van der Waals surface area contributed by atoms with Gasteiger partial charge in [-0.05, 0) is 43.3 Å². The molecule has 29 heavy (non-hydrogen) atoms. The van der Waals surface area contributed by atoms with Gasteiger partial charge in [0.05, 0.1) is 19.8 Å². The van der Waals surface area contributed by atoms with E-state index in [9.17, 15) is 9.59 Å². The summed E-state index contributed by atoms with van der Waals surface area (Å²) in [5.41, 5.74) is 1.02. The van der Waals surface area contributed by atoms with Crippen molar-refractivity contribution in [2.75, 3.05) is 51.3 Å². The van der Waals surface area contributed by atoms with E-state index in [1.807, 2.05) is 6.92 Å². The molecular formula is C21H26N4O4. The number of benzene rings is 1. The standard InChI is InChI=1S/C21H26N4O4/c1-2-29-17-8-6-16(7-9-17)23-21(27)19-5-3-4-18(24-19)20(26)22-10-11-25-12-14-28-15-13-25/h3-9H,2,10-15H2,1H3,(H,22,26)(H,23,27). The number of morpholine rings is 1. The normalized spacial score (nSPS) is 14.2. The van der Waals surface area contributed by atoms with Gasteiger partial charge in [-0.2, -0.15) is 0 Å². The fraction of sp³-hybridized carbons (Fsp3) is 0.381. The third-order valence-corrected chi connectivity index (χ3v) is 4.45. The van der Waals surface area contributed by atoms with Gasteiger partial charge in [0.25, 0.3) is 11.8 Å². The van der Waals surface area contributed by atoms with E-state index in [1.54, 1.807) is 42.5 Å². The second-order valence-electron chi connectivity index (χ2n) is 6.53. The molecule has 0 aliphatic carbocycles. The number of rotatable bonds is 8. The first kappa shape index (κ1) is 20.8. The van der Waals surface area contributed by atoms with Crippen LogP contribution in [0.2, 0.25) is 0 Å². The molecule has 1 aliphatic heterocycles. The maximum atomic E-state index is 12.5. The Labute approximate surface area is 170 Å². The van der Waals surface area contributed by atoms with Gasteiger partial charge in [-0.15, -0.1) is 0 Å². The van der Waals surface area contributed by atoms with E-state index in [1.165, 1.54) is 0 Å². The Balaban J connectivity index is 1.53. The number of ether oxygens (including phenoxy) is 2. The predicted octanol–water partition coefficient (Wildman–Crippen LogP) is 1.79. The maximum absolute atomic E-state index is 12.5. The number of nitrogens with one attached hydrogen (secondary N) is 2. The van der Waals surface area contributed by atoms with Gasteiger partial charge in [-0.3, -0.25) is 14.5 Å². The van der Waals surface area contributed by atoms with Gasteiger partial charge in [0.1, 0.15) is 17.1 Å². The van der Waals surface area contributed by atoms with E-state index >= 15 is 0 Å². The number of carbonyl (C=O) groups is 2. The van der Waals surface area contributed by atoms with Crippen molar-refractivity contribution in [1.29, 1.82) is 0 Å². The van der Waals surface area contributed by atoms with Crippen LogP contribution in [0.3, 0.4) is 0 Å². The zero-order valence-electron chi connectivity index (χ0n) is 16.5. The molecule has 2 heterocycles. The summed E-state index contributed by atoms with van der Waals surface area (Å²) in [5, 5.41) is 5.62. The Morgan fingerprint density at radius 3 is 2.45 bits per heavy atom. The van der Waals surface area contributed by atoms with Crippen LogP contribution in [-0.2, 0) is 4.74 Å². The smallest absolute Gasteiger partial charge is 0.274 e. The van der Waals surface area contributed by atoms with Crippen LogP contribution >= 0.6 is 0 Å². The lowest BCUT2D eigenvalue weighted by Crippen LogP contribution is -2.41. The van der Waals surface area contributed by atoms with Crippen LogP contribution in [0.15, 0.2) is 42.5 Å². The molecule has 0 bridgehead atoms. The molecule has 154 valence electrons. The number of aromatic nitrogens is 1. The first-order chi connectivity index (χ1) is 14.2. The van der Waals surface area contributed by atoms with E-state index in [2.05, 4.69) is 20.5 Å². The average Bonchev–Trinajstić information content (AvgIpc) is 2.76. The second-order valence-corrected chi connectivity index (χ2v) is 6.53. The molecule has 8 heteroatoms. The Kier molecular flexibility index (Phi) is 7.54. The minimum Gasteiger partial charge on any atom is -0.494 e. The molecular weight excluding hydrogens is 372 g/mol. The molecule has 0 spiro atoms. The number of pyridine rings is 1. The van der Waals surface area contributed by atoms with Gasteiger partial charge in [0.15, 0.2) is 0 Å². The van der Waals surface area contributed by atoms with Crippen LogP contribution in [0.25, 0.3) is 0 Å². The summed E-state index contributed by atoms with van der Waals surface area (Å²) < 4.78 is 10.7. The van der Waals surface area contributed by atoms with Gasteiger partial charge >= 0.3 is 0 Å². The van der Waals surface area contributed by atoms with E-state index in [-0.39, 0.29) is 23.2 Å². The highest BCUT2D eigenvalue weighted by Crippen LogP contribution is 2.16. The second kappa shape index (κ2) is 10.5. The Morgan fingerprint density at radius 2 is 1.76 bits per heavy atom. The average molecular weight is 398 g/mol. The van der Waals surface area contributed by atoms with Crippen LogP contribution in [0.1, 0.15) is 27.9 Å². The first-order valence-corrected chi connectivity index (χ1v) is 9.75. The fourth-order valence-corrected chi connectivity index (χ4v) is 2.93. The molecule has 0 radical (unpaired) electrons. The van der Waals surface area contributed by atoms with Crippen molar-refractivity contribution >= 4 is 17.5 Å². The van der Waals surface area contributed by atoms with Crippen molar-refractivity contribution in [2.24, 2.45) is 0 Å². The number of anilines is 1. The van der Waals surface area contributed by atoms with Crippen molar-refractivity contribution in [1.82, 2.24) is 15.2 Å². The summed E-state index contributed by atoms with van der Waals surface area (Å²) in [6, 6.07) is 11.9. The monoisotopic (exact) mass is 398 g/mol. The van der Waals surface area contributed by atoms with Crippen molar-refractivity contribution in [3.8, 4) is 5.75 Å². The van der Waals surface area contributed by atoms with Crippen molar-refractivity contribution < 1.29 is 19.1 Å². The zero-order valence-corrected chi connectivity index (χ0v) is 16.5. The molecule has 0 unspecified atom stereocenters. The summed E-state index contributed by atoms with van der Waals surface area (Å²) in [6.07, 6.45) is 0. The van der Waals surface area contributed by atoms with E-state index in [0.717, 1.165) is 38.6 Å². The SMILES string of the molecule is CCOc1ccc(NC(=O)c2cccc(C(=O)NCCN3CCOCC3)n2)cc1. The predicted molar refractivity (Wildman–Crippen MR) is 109 cm³/mol. The van der Waals surface area contributed by atoms with Crippen molar-refractivity contribution in [3.63, 3.8) is 0 Å². The van der Waals surface area contributed by atoms with Gasteiger partial charge in [-0.25, -0.2) is 4.98 Å². The summed E-state index contributed by atoms with van der Waals surface area (Å²) in [7, 11) is 0. The van der Waals surface area contributed by atoms with E-state index in [0.29, 0.717) is 18.8 Å². The summed E-state index contributed by atoms with van der Waals surface area (Å²) in [4.78, 5) is 31.3. The Hall–Kier alpha value is -2.97. The first-order valence-electron chi connectivity index (χ1n) is 9.75. The molecule has 1 aliphatic rings. The van der Waals surface area contributed by atoms with Crippen molar-refractivity contribution in [2.45, 2.75) is 6.92 Å². The number of carbonyl (C=O) groups excluding carboxylic acids is 2. The number of hydrogen-bond donors (Lipinski definition) is 2. The molecule has 1 aromatic heterocycles. The topological polar surface area (TPSA) is 92.8 Å². The number of nitrogens with zero attached hydrogens (tertiary/aromatic N) is 2. The van der Waals surface area contributed by atoms with E-state index < -0.39 is 0 Å². The van der Waals surface area contributed by atoms with Crippen LogP contribution < -0.4 is 15.4 Å². The van der Waals surface area contributed by atoms with Gasteiger partial charge < -0.3 is 20.1 Å². The fourth-order valence-electron chi connectivity index (χ4n) is 2.93. The molecule has 2 amide bonds. The van der Waals surface area contributed by atoms with Crippen molar-refractivity contribution in [3.05, 3.63) is 53.9 Å². The molecule has 1 saturated heterocycles. The molecule has 1 fully saturated rings. The van der Waals surface area contributed by atoms with E-state index in [4.69, 9.17) is 9.47 Å². The number of amides is 2. The third kappa shape index (κ3) is 6.27. The third-order valence-electron chi connectivity index (χ3n) is 4.45. The minimum absolute atomic E-state index is 0.180. The minimum atomic E-state index is -0.378. The lowest BCUT2D eigenvalue weighted by molar-refractivity contribution is 0.0383. The van der Waals surface area contributed by atoms with Crippen LogP contribution in [0.4, 0.5) is 5.69 Å². The highest BCUT2D eigenvalue weighted by Gasteiger charge is 2.14. The van der Waals surface area contributed by atoms with Crippen LogP contribution in [0.5, 0.6) is 5.75 Å². The molecule has 0 atom stereocenters. The highest BCUT2D eigenvalue weighted by atomic mass is 16.5. The Morgan fingerprint density at radius 1 is 1.07 bits per heavy atom. The molecule has 3 rings (SSSR count). The summed E-state index contributed by atoms with van der Waals surface area (Å²) in [6.45, 7) is 6.95. The van der Waals surface area contributed by atoms with Crippen LogP contribution in [0, 0.1) is 0 Å². The van der Waals surface area contributed by atoms with Gasteiger partial charge in [0, 0.05) is 31.9 Å². The quantitative estimate of drug-likeness (QED) is 0.704. The molecule has 1 aromatic carbocycles. The molecule has 0 saturated carbocycles. The highest BCUT2D eigenvalue weighted by molar-refractivity contribution is 6.03. The largest absolute Gasteiger partial charge is 0.494 e. The lowest BCUT2D eigenvalue weighted by atomic mass is 10.2. The zero-order chi connectivity index (χ0) is 20.5. The lowest BCUT2D eigenvalue weighted by Gasteiger charge is -2.26. The molecule has 2 aromatic rings. The molecule has 2 N–H and O–H groups in total. The van der Waals surface area contributed by atoms with Gasteiger partial charge in [0.2, 0.25) is 0 Å². The Bertz CT molecular complexity index is 820. The van der Waals surface area contributed by atoms with Gasteiger partial charge in [-0.1, -0.05) is 6.07 Å². The number of hydrogen-bond acceptors (Lipinski definition) is 6. The molecule has 8 nitrogen and oxygen atoms in total. The summed E-state index contributed by atoms with van der Waals surface area (Å²) in [5.74, 6) is 0.0606. The maximum Gasteiger partial charge on any atom is 0.274 e. The summed E-state index contributed by atoms with van der Waals surface area (Å²) >= 11 is 0.